The average molecular weight is 291 g/mol. The molecule has 1 fully saturated rings. The maximum Gasteiger partial charge on any atom is 0.161 e. The molecule has 0 saturated heterocycles. The van der Waals surface area contributed by atoms with Gasteiger partial charge in [-0.1, -0.05) is 6.07 Å². The molecule has 1 aliphatic heterocycles. The van der Waals surface area contributed by atoms with Crippen LogP contribution < -0.4 is 14.8 Å². The van der Waals surface area contributed by atoms with Crippen LogP contribution in [-0.2, 0) is 0 Å². The van der Waals surface area contributed by atoms with Gasteiger partial charge in [0.2, 0.25) is 0 Å². The Balaban J connectivity index is 1.64. The maximum absolute atomic E-state index is 9.58. The number of ether oxygens (including phenoxy) is 2. The molecule has 3 rings (SSSR count). The Bertz CT molecular complexity index is 469. The van der Waals surface area contributed by atoms with Crippen LogP contribution in [0.25, 0.3) is 0 Å². The van der Waals surface area contributed by atoms with Crippen molar-refractivity contribution in [1.29, 1.82) is 0 Å². The highest BCUT2D eigenvalue weighted by molar-refractivity contribution is 5.44. The molecule has 1 atom stereocenters. The number of hydrogen-bond acceptors (Lipinski definition) is 4. The molecule has 0 aromatic heterocycles. The molecule has 2 aliphatic rings. The summed E-state index contributed by atoms with van der Waals surface area (Å²) in [5.41, 5.74) is 1.23. The van der Waals surface area contributed by atoms with Gasteiger partial charge in [-0.05, 0) is 50.3 Å². The van der Waals surface area contributed by atoms with Crippen molar-refractivity contribution in [3.63, 3.8) is 0 Å². The summed E-state index contributed by atoms with van der Waals surface area (Å²) in [6.45, 7) is 3.63. The maximum atomic E-state index is 9.58. The molecule has 1 unspecified atom stereocenters. The first-order chi connectivity index (χ1) is 10.2. The lowest BCUT2D eigenvalue weighted by atomic mass is 9.92. The number of hydrogen-bond donors (Lipinski definition) is 2. The Kier molecular flexibility index (Phi) is 4.66. The lowest BCUT2D eigenvalue weighted by molar-refractivity contribution is 0.114. The Morgan fingerprint density at radius 2 is 1.81 bits per heavy atom. The Hall–Kier alpha value is -1.26. The van der Waals surface area contributed by atoms with Crippen molar-refractivity contribution in [2.75, 3.05) is 13.2 Å². The second-order valence-electron chi connectivity index (χ2n) is 6.15. The summed E-state index contributed by atoms with van der Waals surface area (Å²) in [5, 5.41) is 13.2. The number of nitrogens with one attached hydrogen (secondary N) is 1. The van der Waals surface area contributed by atoms with Crippen molar-refractivity contribution in [2.24, 2.45) is 0 Å². The molecule has 116 valence electrons. The van der Waals surface area contributed by atoms with E-state index in [1.54, 1.807) is 0 Å². The van der Waals surface area contributed by atoms with Gasteiger partial charge >= 0.3 is 0 Å². The van der Waals surface area contributed by atoms with Gasteiger partial charge in [0, 0.05) is 18.5 Å². The zero-order valence-corrected chi connectivity index (χ0v) is 12.7. The molecule has 1 aliphatic carbocycles. The summed E-state index contributed by atoms with van der Waals surface area (Å²) in [5.74, 6) is 1.71. The first-order valence-corrected chi connectivity index (χ1v) is 8.06. The van der Waals surface area contributed by atoms with Gasteiger partial charge in [0.25, 0.3) is 0 Å². The minimum absolute atomic E-state index is 0.101. The van der Waals surface area contributed by atoms with Crippen LogP contribution in [0.15, 0.2) is 18.2 Å². The molecule has 1 saturated carbocycles. The molecule has 0 spiro atoms. The fraction of sp³-hybridized carbons (Fsp3) is 0.647. The first-order valence-electron chi connectivity index (χ1n) is 8.06. The van der Waals surface area contributed by atoms with Crippen LogP contribution in [-0.4, -0.2) is 30.5 Å². The van der Waals surface area contributed by atoms with Crippen LogP contribution in [0.1, 0.15) is 50.6 Å². The Labute approximate surface area is 126 Å². The highest BCUT2D eigenvalue weighted by Crippen LogP contribution is 2.32. The number of aliphatic hydroxyl groups is 1. The topological polar surface area (TPSA) is 50.7 Å². The lowest BCUT2D eigenvalue weighted by Gasteiger charge is -2.29. The van der Waals surface area contributed by atoms with E-state index >= 15 is 0 Å². The van der Waals surface area contributed by atoms with Crippen molar-refractivity contribution in [1.82, 2.24) is 5.32 Å². The molecule has 0 radical (unpaired) electrons. The van der Waals surface area contributed by atoms with Crippen LogP contribution in [0.2, 0.25) is 0 Å². The van der Waals surface area contributed by atoms with Crippen LogP contribution in [0.3, 0.4) is 0 Å². The third-order valence-electron chi connectivity index (χ3n) is 4.45. The first kappa shape index (κ1) is 14.7. The second-order valence-corrected chi connectivity index (χ2v) is 6.15. The van der Waals surface area contributed by atoms with Gasteiger partial charge in [0.15, 0.2) is 11.5 Å². The van der Waals surface area contributed by atoms with Gasteiger partial charge in [-0.15, -0.1) is 0 Å². The molecular weight excluding hydrogens is 266 g/mol. The zero-order chi connectivity index (χ0) is 14.7. The van der Waals surface area contributed by atoms with Crippen LogP contribution in [0.4, 0.5) is 0 Å². The number of fused-ring (bicyclic) bond motifs is 1. The molecule has 4 heteroatoms. The molecule has 21 heavy (non-hydrogen) atoms. The Morgan fingerprint density at radius 1 is 1.10 bits per heavy atom. The fourth-order valence-corrected chi connectivity index (χ4v) is 3.14. The van der Waals surface area contributed by atoms with Crippen molar-refractivity contribution in [3.05, 3.63) is 23.8 Å². The summed E-state index contributed by atoms with van der Waals surface area (Å²) in [6, 6.07) is 7.00. The van der Waals surface area contributed by atoms with E-state index in [-0.39, 0.29) is 12.1 Å². The molecule has 1 aromatic carbocycles. The van der Waals surface area contributed by atoms with E-state index in [4.69, 9.17) is 9.47 Å². The van der Waals surface area contributed by atoms with E-state index in [9.17, 15) is 5.11 Å². The van der Waals surface area contributed by atoms with Gasteiger partial charge in [-0.2, -0.15) is 0 Å². The highest BCUT2D eigenvalue weighted by atomic mass is 16.5. The summed E-state index contributed by atoms with van der Waals surface area (Å²) in [4.78, 5) is 0. The molecule has 0 amide bonds. The van der Waals surface area contributed by atoms with Crippen LogP contribution in [0, 0.1) is 0 Å². The van der Waals surface area contributed by atoms with Gasteiger partial charge in [0.1, 0.15) is 0 Å². The molecular formula is C17H25NO3. The Morgan fingerprint density at radius 3 is 2.57 bits per heavy atom. The van der Waals surface area contributed by atoms with E-state index in [1.165, 1.54) is 5.56 Å². The standard InChI is InChI=1S/C17H25NO3/c1-12(18-14-4-6-15(19)7-5-14)13-3-8-16-17(11-13)21-10-2-9-20-16/h3,8,11-12,14-15,18-19H,2,4-7,9-10H2,1H3. The summed E-state index contributed by atoms with van der Waals surface area (Å²) in [7, 11) is 0. The van der Waals surface area contributed by atoms with Crippen LogP contribution in [0.5, 0.6) is 11.5 Å². The monoisotopic (exact) mass is 291 g/mol. The van der Waals surface area contributed by atoms with Crippen LogP contribution >= 0.6 is 0 Å². The van der Waals surface area contributed by atoms with Gasteiger partial charge in [-0.3, -0.25) is 0 Å². The van der Waals surface area contributed by atoms with Gasteiger partial charge in [-0.25, -0.2) is 0 Å². The largest absolute Gasteiger partial charge is 0.490 e. The summed E-state index contributed by atoms with van der Waals surface area (Å²) < 4.78 is 11.4. The van der Waals surface area contributed by atoms with Crippen molar-refractivity contribution in [2.45, 2.75) is 57.2 Å². The van der Waals surface area contributed by atoms with E-state index in [2.05, 4.69) is 24.4 Å². The fourth-order valence-electron chi connectivity index (χ4n) is 3.14. The third-order valence-corrected chi connectivity index (χ3v) is 4.45. The third kappa shape index (κ3) is 3.69. The molecule has 2 N–H and O–H groups in total. The minimum Gasteiger partial charge on any atom is -0.490 e. The van der Waals surface area contributed by atoms with E-state index in [0.717, 1.165) is 56.8 Å². The molecule has 0 bridgehead atoms. The van der Waals surface area contributed by atoms with Gasteiger partial charge < -0.3 is 19.9 Å². The van der Waals surface area contributed by atoms with E-state index in [1.807, 2.05) is 6.07 Å². The summed E-state index contributed by atoms with van der Waals surface area (Å²) >= 11 is 0. The minimum atomic E-state index is -0.101. The second kappa shape index (κ2) is 6.67. The lowest BCUT2D eigenvalue weighted by Crippen LogP contribution is -2.36. The predicted molar refractivity (Wildman–Crippen MR) is 81.9 cm³/mol. The summed E-state index contributed by atoms with van der Waals surface area (Å²) in [6.07, 6.45) is 4.75. The molecule has 4 nitrogen and oxygen atoms in total. The van der Waals surface area contributed by atoms with Crippen molar-refractivity contribution in [3.8, 4) is 11.5 Å². The zero-order valence-electron chi connectivity index (χ0n) is 12.7. The normalized spacial score (nSPS) is 27.0. The van der Waals surface area contributed by atoms with Crippen molar-refractivity contribution < 1.29 is 14.6 Å². The number of benzene rings is 1. The molecule has 1 aromatic rings. The van der Waals surface area contributed by atoms with Crippen molar-refractivity contribution >= 4 is 0 Å². The highest BCUT2D eigenvalue weighted by Gasteiger charge is 2.21. The van der Waals surface area contributed by atoms with E-state index < -0.39 is 0 Å². The molecule has 1 heterocycles. The SMILES string of the molecule is CC(NC1CCC(O)CC1)c1ccc2c(c1)OCCCO2. The van der Waals surface area contributed by atoms with E-state index in [0.29, 0.717) is 6.04 Å². The smallest absolute Gasteiger partial charge is 0.161 e. The quantitative estimate of drug-likeness (QED) is 0.899. The van der Waals surface area contributed by atoms with Gasteiger partial charge in [0.05, 0.1) is 19.3 Å². The average Bonchev–Trinajstić information content (AvgIpc) is 2.74. The number of aliphatic hydroxyl groups excluding tert-OH is 1. The number of rotatable bonds is 3. The predicted octanol–water partition coefficient (Wildman–Crippen LogP) is 2.80.